The summed E-state index contributed by atoms with van der Waals surface area (Å²) in [5.41, 5.74) is 6.39. The van der Waals surface area contributed by atoms with E-state index in [0.717, 1.165) is 18.4 Å². The number of hydrogen-bond acceptors (Lipinski definition) is 2. The maximum atomic E-state index is 13.7. The largest absolute Gasteiger partial charge is 0.326 e. The Balaban J connectivity index is 2.28. The van der Waals surface area contributed by atoms with Crippen molar-refractivity contribution in [2.75, 3.05) is 5.32 Å². The van der Waals surface area contributed by atoms with Crippen LogP contribution in [-0.2, 0) is 11.3 Å². The van der Waals surface area contributed by atoms with E-state index in [0.29, 0.717) is 13.0 Å². The molecule has 1 rings (SSSR count). The van der Waals surface area contributed by atoms with Gasteiger partial charge in [-0.2, -0.15) is 0 Å². The molecule has 0 heterocycles. The third-order valence-electron chi connectivity index (χ3n) is 3.30. The second kappa shape index (κ2) is 9.48. The van der Waals surface area contributed by atoms with Gasteiger partial charge >= 0.3 is 0 Å². The molecule has 0 unspecified atom stereocenters. The molecule has 0 aliphatic heterocycles. The molecule has 0 aliphatic rings. The average molecular weight is 280 g/mol. The van der Waals surface area contributed by atoms with Crippen LogP contribution in [0.2, 0.25) is 0 Å². The fraction of sp³-hybridized carbons (Fsp3) is 0.562. The zero-order valence-electron chi connectivity index (χ0n) is 12.3. The van der Waals surface area contributed by atoms with E-state index in [-0.39, 0.29) is 11.6 Å². The zero-order valence-corrected chi connectivity index (χ0v) is 12.3. The van der Waals surface area contributed by atoms with Crippen molar-refractivity contribution in [2.24, 2.45) is 5.73 Å². The molecule has 112 valence electrons. The minimum Gasteiger partial charge on any atom is -0.326 e. The summed E-state index contributed by atoms with van der Waals surface area (Å²) < 4.78 is 13.7. The molecule has 1 amide bonds. The second-order valence-electron chi connectivity index (χ2n) is 5.08. The SMILES string of the molecule is CCCCCCCCC(=O)Nc1ccc(CN)cc1F. The van der Waals surface area contributed by atoms with Gasteiger partial charge in [0.05, 0.1) is 5.69 Å². The number of carbonyl (C=O) groups is 1. The van der Waals surface area contributed by atoms with E-state index in [4.69, 9.17) is 5.73 Å². The Morgan fingerprint density at radius 1 is 1.20 bits per heavy atom. The molecule has 3 N–H and O–H groups in total. The molecule has 0 aliphatic carbocycles. The number of rotatable bonds is 9. The van der Waals surface area contributed by atoms with Gasteiger partial charge in [-0.25, -0.2) is 4.39 Å². The van der Waals surface area contributed by atoms with Gasteiger partial charge in [-0.05, 0) is 24.1 Å². The van der Waals surface area contributed by atoms with Crippen LogP contribution in [0.25, 0.3) is 0 Å². The third-order valence-corrected chi connectivity index (χ3v) is 3.30. The van der Waals surface area contributed by atoms with Crippen molar-refractivity contribution in [1.29, 1.82) is 0 Å². The van der Waals surface area contributed by atoms with Gasteiger partial charge in [0.15, 0.2) is 0 Å². The summed E-state index contributed by atoms with van der Waals surface area (Å²) in [6, 6.07) is 4.65. The van der Waals surface area contributed by atoms with Gasteiger partial charge in [0.25, 0.3) is 0 Å². The summed E-state index contributed by atoms with van der Waals surface area (Å²) in [6.45, 7) is 2.47. The quantitative estimate of drug-likeness (QED) is 0.672. The minimum absolute atomic E-state index is 0.125. The molecule has 20 heavy (non-hydrogen) atoms. The van der Waals surface area contributed by atoms with Crippen molar-refractivity contribution < 1.29 is 9.18 Å². The number of carbonyl (C=O) groups excluding carboxylic acids is 1. The van der Waals surface area contributed by atoms with E-state index in [1.54, 1.807) is 12.1 Å². The Bertz CT molecular complexity index is 421. The Morgan fingerprint density at radius 2 is 1.90 bits per heavy atom. The maximum absolute atomic E-state index is 13.7. The second-order valence-corrected chi connectivity index (χ2v) is 5.08. The van der Waals surface area contributed by atoms with Crippen LogP contribution in [-0.4, -0.2) is 5.91 Å². The first kappa shape index (κ1) is 16.6. The van der Waals surface area contributed by atoms with Crippen LogP contribution in [0.5, 0.6) is 0 Å². The first-order valence-corrected chi connectivity index (χ1v) is 7.45. The van der Waals surface area contributed by atoms with E-state index < -0.39 is 5.82 Å². The zero-order chi connectivity index (χ0) is 14.8. The van der Waals surface area contributed by atoms with Gasteiger partial charge in [-0.15, -0.1) is 0 Å². The molecule has 0 radical (unpaired) electrons. The highest BCUT2D eigenvalue weighted by Gasteiger charge is 2.07. The van der Waals surface area contributed by atoms with Crippen molar-refractivity contribution in [3.8, 4) is 0 Å². The maximum Gasteiger partial charge on any atom is 0.224 e. The molecule has 0 saturated heterocycles. The van der Waals surface area contributed by atoms with Gasteiger partial charge in [0.2, 0.25) is 5.91 Å². The molecular weight excluding hydrogens is 255 g/mol. The standard InChI is InChI=1S/C16H25FN2O/c1-2-3-4-5-6-7-8-16(20)19-15-10-9-13(12-18)11-14(15)17/h9-11H,2-8,12,18H2,1H3,(H,19,20). The minimum atomic E-state index is -0.427. The van der Waals surface area contributed by atoms with Gasteiger partial charge in [-0.1, -0.05) is 45.1 Å². The van der Waals surface area contributed by atoms with E-state index >= 15 is 0 Å². The van der Waals surface area contributed by atoms with Crippen molar-refractivity contribution >= 4 is 11.6 Å². The Hall–Kier alpha value is -1.42. The van der Waals surface area contributed by atoms with E-state index in [9.17, 15) is 9.18 Å². The number of anilines is 1. The van der Waals surface area contributed by atoms with Crippen LogP contribution >= 0.6 is 0 Å². The molecule has 0 atom stereocenters. The monoisotopic (exact) mass is 280 g/mol. The highest BCUT2D eigenvalue weighted by molar-refractivity contribution is 5.90. The first-order valence-electron chi connectivity index (χ1n) is 7.45. The molecular formula is C16H25FN2O. The van der Waals surface area contributed by atoms with Gasteiger partial charge < -0.3 is 11.1 Å². The van der Waals surface area contributed by atoms with Crippen molar-refractivity contribution in [1.82, 2.24) is 0 Å². The number of halogens is 1. The predicted octanol–water partition coefficient (Wildman–Crippen LogP) is 3.97. The van der Waals surface area contributed by atoms with Crippen LogP contribution in [0.15, 0.2) is 18.2 Å². The van der Waals surface area contributed by atoms with Crippen LogP contribution in [0.3, 0.4) is 0 Å². The molecule has 0 fully saturated rings. The summed E-state index contributed by atoms with van der Waals surface area (Å²) in [4.78, 5) is 11.7. The lowest BCUT2D eigenvalue weighted by atomic mass is 10.1. The van der Waals surface area contributed by atoms with E-state index in [1.807, 2.05) is 0 Å². The van der Waals surface area contributed by atoms with Gasteiger partial charge in [0, 0.05) is 13.0 Å². The lowest BCUT2D eigenvalue weighted by molar-refractivity contribution is -0.116. The fourth-order valence-corrected chi connectivity index (χ4v) is 2.07. The van der Waals surface area contributed by atoms with E-state index in [2.05, 4.69) is 12.2 Å². The topological polar surface area (TPSA) is 55.1 Å². The molecule has 3 nitrogen and oxygen atoms in total. The summed E-state index contributed by atoms with van der Waals surface area (Å²) in [6.07, 6.45) is 7.24. The van der Waals surface area contributed by atoms with Crippen LogP contribution in [0, 0.1) is 5.82 Å². The molecule has 0 bridgehead atoms. The normalized spacial score (nSPS) is 10.6. The summed E-state index contributed by atoms with van der Waals surface area (Å²) in [5.74, 6) is -0.552. The van der Waals surface area contributed by atoms with Gasteiger partial charge in [0.1, 0.15) is 5.82 Å². The molecule has 1 aromatic carbocycles. The first-order chi connectivity index (χ1) is 9.67. The van der Waals surface area contributed by atoms with Crippen LogP contribution < -0.4 is 11.1 Å². The number of benzene rings is 1. The third kappa shape index (κ3) is 6.15. The van der Waals surface area contributed by atoms with Crippen molar-refractivity contribution in [2.45, 2.75) is 58.4 Å². The number of hydrogen-bond donors (Lipinski definition) is 2. The Morgan fingerprint density at radius 3 is 2.55 bits per heavy atom. The molecule has 0 spiro atoms. The summed E-state index contributed by atoms with van der Waals surface area (Å²) in [7, 11) is 0. The van der Waals surface area contributed by atoms with E-state index in [1.165, 1.54) is 31.7 Å². The smallest absolute Gasteiger partial charge is 0.224 e. The summed E-state index contributed by atoms with van der Waals surface area (Å²) >= 11 is 0. The Labute approximate surface area is 120 Å². The van der Waals surface area contributed by atoms with Gasteiger partial charge in [-0.3, -0.25) is 4.79 Å². The Kier molecular flexibility index (Phi) is 7.88. The molecule has 0 aromatic heterocycles. The highest BCUT2D eigenvalue weighted by atomic mass is 19.1. The highest BCUT2D eigenvalue weighted by Crippen LogP contribution is 2.16. The number of amides is 1. The van der Waals surface area contributed by atoms with Crippen molar-refractivity contribution in [3.05, 3.63) is 29.6 Å². The lowest BCUT2D eigenvalue weighted by Gasteiger charge is -2.07. The average Bonchev–Trinajstić information content (AvgIpc) is 2.45. The number of nitrogens with one attached hydrogen (secondary N) is 1. The molecule has 1 aromatic rings. The van der Waals surface area contributed by atoms with Crippen LogP contribution in [0.1, 0.15) is 57.4 Å². The predicted molar refractivity (Wildman–Crippen MR) is 80.9 cm³/mol. The van der Waals surface area contributed by atoms with Crippen molar-refractivity contribution in [3.63, 3.8) is 0 Å². The fourth-order valence-electron chi connectivity index (χ4n) is 2.07. The molecule has 4 heteroatoms. The number of nitrogens with two attached hydrogens (primary N) is 1. The summed E-state index contributed by atoms with van der Waals surface area (Å²) in [5, 5.41) is 2.61. The lowest BCUT2D eigenvalue weighted by Crippen LogP contribution is -2.12. The number of unbranched alkanes of at least 4 members (excludes halogenated alkanes) is 5. The van der Waals surface area contributed by atoms with Crippen LogP contribution in [0.4, 0.5) is 10.1 Å². The molecule has 0 saturated carbocycles.